The van der Waals surface area contributed by atoms with E-state index in [1.807, 2.05) is 12.1 Å². The number of aromatic nitrogens is 4. The first-order valence-electron chi connectivity index (χ1n) is 6.64. The number of nitrogens with zero attached hydrogens (tertiary/aromatic N) is 2. The van der Waals surface area contributed by atoms with Gasteiger partial charge in [-0.3, -0.25) is 0 Å². The Bertz CT molecular complexity index is 1040. The summed E-state index contributed by atoms with van der Waals surface area (Å²) < 4.78 is 23.0. The lowest BCUT2D eigenvalue weighted by Crippen LogP contribution is -1.96. The van der Waals surface area contributed by atoms with Crippen LogP contribution >= 0.6 is 0 Å². The van der Waals surface area contributed by atoms with Crippen molar-refractivity contribution in [2.24, 2.45) is 0 Å². The Morgan fingerprint density at radius 2 is 1.77 bits per heavy atom. The van der Waals surface area contributed by atoms with Gasteiger partial charge in [-0.2, -0.15) is 0 Å². The van der Waals surface area contributed by atoms with E-state index in [1.165, 1.54) is 6.26 Å². The van der Waals surface area contributed by atoms with Crippen molar-refractivity contribution in [3.05, 3.63) is 42.7 Å². The molecule has 0 atom stereocenters. The van der Waals surface area contributed by atoms with Gasteiger partial charge in [-0.1, -0.05) is 0 Å². The molecule has 4 rings (SSSR count). The number of nitrogens with one attached hydrogen (secondary N) is 2. The van der Waals surface area contributed by atoms with Gasteiger partial charge < -0.3 is 9.97 Å². The van der Waals surface area contributed by atoms with Crippen LogP contribution in [-0.4, -0.2) is 34.6 Å². The van der Waals surface area contributed by atoms with E-state index in [0.29, 0.717) is 10.7 Å². The van der Waals surface area contributed by atoms with Crippen LogP contribution in [0.5, 0.6) is 0 Å². The summed E-state index contributed by atoms with van der Waals surface area (Å²) in [5.41, 5.74) is 4.36. The third-order valence-electron chi connectivity index (χ3n) is 3.58. The highest BCUT2D eigenvalue weighted by atomic mass is 32.2. The van der Waals surface area contributed by atoms with E-state index in [-0.39, 0.29) is 0 Å². The molecule has 2 N–H and O–H groups in total. The summed E-state index contributed by atoms with van der Waals surface area (Å²) in [4.78, 5) is 15.4. The normalized spacial score (nSPS) is 12.2. The number of imidazole rings is 2. The minimum absolute atomic E-state index is 0.296. The Hall–Kier alpha value is -2.67. The fraction of sp³-hybridized carbons (Fsp3) is 0.0667. The highest BCUT2D eigenvalue weighted by Gasteiger charge is 2.10. The predicted molar refractivity (Wildman–Crippen MR) is 84.3 cm³/mol. The Balaban J connectivity index is 1.83. The molecule has 7 heteroatoms. The van der Waals surface area contributed by atoms with Crippen LogP contribution in [0.1, 0.15) is 0 Å². The zero-order valence-corrected chi connectivity index (χ0v) is 12.5. The summed E-state index contributed by atoms with van der Waals surface area (Å²) in [6.45, 7) is 0. The van der Waals surface area contributed by atoms with Crippen molar-refractivity contribution in [1.29, 1.82) is 0 Å². The van der Waals surface area contributed by atoms with Crippen molar-refractivity contribution in [3.63, 3.8) is 0 Å². The van der Waals surface area contributed by atoms with Crippen LogP contribution in [0, 0.1) is 0 Å². The number of rotatable bonds is 2. The standard InChI is InChI=1S/C15H12N4O2S/c1-22(20,21)10-4-2-9(3-5-10)15-18-13-6-11-12(17-8-16-11)7-14(13)19-15/h2-8H,1H3,(H,16,17)(H,18,19). The predicted octanol–water partition coefficient (Wildman–Crippen LogP) is 2.51. The molecule has 0 amide bonds. The number of sulfone groups is 1. The van der Waals surface area contributed by atoms with Gasteiger partial charge in [-0.15, -0.1) is 0 Å². The third kappa shape index (κ3) is 2.06. The summed E-state index contributed by atoms with van der Waals surface area (Å²) in [5, 5.41) is 0. The maximum absolute atomic E-state index is 11.5. The molecule has 110 valence electrons. The van der Waals surface area contributed by atoms with Gasteiger partial charge >= 0.3 is 0 Å². The van der Waals surface area contributed by atoms with Gasteiger partial charge in [0.05, 0.1) is 33.3 Å². The van der Waals surface area contributed by atoms with Gasteiger partial charge in [0.25, 0.3) is 0 Å². The van der Waals surface area contributed by atoms with Crippen LogP contribution in [0.25, 0.3) is 33.5 Å². The summed E-state index contributed by atoms with van der Waals surface area (Å²) in [6, 6.07) is 10.5. The summed E-state index contributed by atoms with van der Waals surface area (Å²) >= 11 is 0. The Kier molecular flexibility index (Phi) is 2.61. The molecule has 22 heavy (non-hydrogen) atoms. The monoisotopic (exact) mass is 312 g/mol. The van der Waals surface area contributed by atoms with E-state index in [9.17, 15) is 8.42 Å². The zero-order valence-electron chi connectivity index (χ0n) is 11.7. The van der Waals surface area contributed by atoms with Gasteiger partial charge in [-0.25, -0.2) is 18.4 Å². The first kappa shape index (κ1) is 13.0. The van der Waals surface area contributed by atoms with Gasteiger partial charge in [0.1, 0.15) is 5.82 Å². The molecule has 0 bridgehead atoms. The average molecular weight is 312 g/mol. The van der Waals surface area contributed by atoms with E-state index in [4.69, 9.17) is 0 Å². The molecule has 2 aromatic carbocycles. The van der Waals surface area contributed by atoms with E-state index >= 15 is 0 Å². The van der Waals surface area contributed by atoms with Crippen molar-refractivity contribution in [3.8, 4) is 11.4 Å². The van der Waals surface area contributed by atoms with Crippen LogP contribution in [0.15, 0.2) is 47.6 Å². The maximum atomic E-state index is 11.5. The number of hydrogen-bond acceptors (Lipinski definition) is 4. The fourth-order valence-electron chi connectivity index (χ4n) is 2.44. The molecule has 0 aliphatic heterocycles. The highest BCUT2D eigenvalue weighted by molar-refractivity contribution is 7.90. The van der Waals surface area contributed by atoms with Crippen molar-refractivity contribution >= 4 is 31.9 Å². The van der Waals surface area contributed by atoms with Crippen LogP contribution in [0.4, 0.5) is 0 Å². The maximum Gasteiger partial charge on any atom is 0.175 e. The fourth-order valence-corrected chi connectivity index (χ4v) is 3.07. The van der Waals surface area contributed by atoms with Crippen LogP contribution in [0.3, 0.4) is 0 Å². The van der Waals surface area contributed by atoms with E-state index in [0.717, 1.165) is 27.6 Å². The lowest BCUT2D eigenvalue weighted by atomic mass is 10.2. The number of fused-ring (bicyclic) bond motifs is 2. The molecular weight excluding hydrogens is 300 g/mol. The topological polar surface area (TPSA) is 91.5 Å². The highest BCUT2D eigenvalue weighted by Crippen LogP contribution is 2.24. The lowest BCUT2D eigenvalue weighted by molar-refractivity contribution is 0.602. The first-order valence-corrected chi connectivity index (χ1v) is 8.53. The van der Waals surface area contributed by atoms with Crippen LogP contribution < -0.4 is 0 Å². The van der Waals surface area contributed by atoms with E-state index in [2.05, 4.69) is 19.9 Å². The Morgan fingerprint density at radius 1 is 1.00 bits per heavy atom. The van der Waals surface area contributed by atoms with Gasteiger partial charge in [-0.05, 0) is 36.4 Å². The molecule has 2 aromatic heterocycles. The van der Waals surface area contributed by atoms with Crippen molar-refractivity contribution in [2.75, 3.05) is 6.26 Å². The molecule has 4 aromatic rings. The minimum Gasteiger partial charge on any atom is -0.345 e. The van der Waals surface area contributed by atoms with Crippen molar-refractivity contribution in [2.45, 2.75) is 4.90 Å². The molecule has 6 nitrogen and oxygen atoms in total. The molecule has 0 saturated carbocycles. The van der Waals surface area contributed by atoms with Gasteiger partial charge in [0.2, 0.25) is 0 Å². The molecular formula is C15H12N4O2S. The molecule has 0 unspecified atom stereocenters. The summed E-state index contributed by atoms with van der Waals surface area (Å²) in [5.74, 6) is 0.697. The second-order valence-corrected chi connectivity index (χ2v) is 7.19. The molecule has 0 fully saturated rings. The SMILES string of the molecule is CS(=O)(=O)c1ccc(-c2nc3cc4nc[nH]c4cc3[nH]2)cc1. The lowest BCUT2D eigenvalue weighted by Gasteiger charge is -1.99. The molecule has 2 heterocycles. The first-order chi connectivity index (χ1) is 10.5. The van der Waals surface area contributed by atoms with Crippen molar-refractivity contribution in [1.82, 2.24) is 19.9 Å². The number of aromatic amines is 2. The zero-order chi connectivity index (χ0) is 15.3. The van der Waals surface area contributed by atoms with Crippen LogP contribution in [0.2, 0.25) is 0 Å². The molecule has 0 spiro atoms. The van der Waals surface area contributed by atoms with E-state index < -0.39 is 9.84 Å². The minimum atomic E-state index is -3.19. The quantitative estimate of drug-likeness (QED) is 0.595. The number of H-pyrrole nitrogens is 2. The summed E-state index contributed by atoms with van der Waals surface area (Å²) in [6.07, 6.45) is 2.84. The Morgan fingerprint density at radius 3 is 2.50 bits per heavy atom. The van der Waals surface area contributed by atoms with E-state index in [1.54, 1.807) is 30.6 Å². The summed E-state index contributed by atoms with van der Waals surface area (Å²) in [7, 11) is -3.19. The smallest absolute Gasteiger partial charge is 0.175 e. The van der Waals surface area contributed by atoms with Crippen molar-refractivity contribution < 1.29 is 8.42 Å². The number of benzene rings is 2. The second-order valence-electron chi connectivity index (χ2n) is 5.17. The Labute approximate surface area is 126 Å². The number of hydrogen-bond donors (Lipinski definition) is 2. The molecule has 0 aliphatic rings. The molecule has 0 aliphatic carbocycles. The second kappa shape index (κ2) is 4.41. The third-order valence-corrected chi connectivity index (χ3v) is 4.71. The average Bonchev–Trinajstić information content (AvgIpc) is 3.09. The van der Waals surface area contributed by atoms with Gasteiger partial charge in [0.15, 0.2) is 9.84 Å². The molecule has 0 saturated heterocycles. The van der Waals surface area contributed by atoms with Crippen LogP contribution in [-0.2, 0) is 9.84 Å². The van der Waals surface area contributed by atoms with Gasteiger partial charge in [0, 0.05) is 11.8 Å². The largest absolute Gasteiger partial charge is 0.345 e. The molecule has 0 radical (unpaired) electrons.